The van der Waals surface area contributed by atoms with E-state index in [1.807, 2.05) is 24.3 Å². The molecule has 0 spiro atoms. The fraction of sp³-hybridized carbons (Fsp3) is 0.263. The van der Waals surface area contributed by atoms with Gasteiger partial charge in [-0.1, -0.05) is 30.3 Å². The second-order valence-electron chi connectivity index (χ2n) is 6.34. The van der Waals surface area contributed by atoms with Crippen LogP contribution >= 0.6 is 0 Å². The average Bonchev–Trinajstić information content (AvgIpc) is 2.67. The van der Waals surface area contributed by atoms with Crippen LogP contribution in [0.15, 0.2) is 53.4 Å². The first-order valence-corrected chi connectivity index (χ1v) is 9.90. The minimum absolute atomic E-state index is 0.00283. The van der Waals surface area contributed by atoms with Crippen molar-refractivity contribution in [2.75, 3.05) is 6.54 Å². The van der Waals surface area contributed by atoms with E-state index in [4.69, 9.17) is 10.5 Å². The van der Waals surface area contributed by atoms with Crippen LogP contribution in [0.4, 0.5) is 0 Å². The number of benzene rings is 2. The Balaban J connectivity index is 1.84. The van der Waals surface area contributed by atoms with Gasteiger partial charge in [-0.3, -0.25) is 4.79 Å². The topological polar surface area (TPSA) is 107 Å². The van der Waals surface area contributed by atoms with Crippen LogP contribution in [0.3, 0.4) is 0 Å². The highest BCUT2D eigenvalue weighted by Crippen LogP contribution is 2.25. The molecule has 1 atom stereocenters. The van der Waals surface area contributed by atoms with Crippen LogP contribution in [0.5, 0.6) is 0 Å². The Morgan fingerprint density at radius 2 is 1.81 bits per heavy atom. The molecule has 1 heterocycles. The Labute approximate surface area is 157 Å². The molecule has 8 heteroatoms. The van der Waals surface area contributed by atoms with Gasteiger partial charge in [0.05, 0.1) is 10.5 Å². The Bertz CT molecular complexity index is 987. The standard InChI is InChI=1S/C19H20N2O5S/c1-13(18(20)22)26-19(23)15-7-4-8-17(11-15)27(24,25)21-10-9-14-5-2-3-6-16(14)12-21/h2-8,11,13H,9-10,12H2,1H3,(H2,20,22)/t13-/m1/s1. The van der Waals surface area contributed by atoms with Crippen molar-refractivity contribution in [1.29, 1.82) is 0 Å². The molecule has 0 fully saturated rings. The molecule has 0 radical (unpaired) electrons. The number of rotatable bonds is 5. The summed E-state index contributed by atoms with van der Waals surface area (Å²) < 4.78 is 32.3. The highest BCUT2D eigenvalue weighted by atomic mass is 32.2. The van der Waals surface area contributed by atoms with E-state index in [0.29, 0.717) is 13.0 Å². The average molecular weight is 388 g/mol. The van der Waals surface area contributed by atoms with E-state index in [1.165, 1.54) is 35.5 Å². The molecule has 0 unspecified atom stereocenters. The van der Waals surface area contributed by atoms with Gasteiger partial charge in [-0.05, 0) is 42.7 Å². The largest absolute Gasteiger partial charge is 0.449 e. The summed E-state index contributed by atoms with van der Waals surface area (Å²) in [5.74, 6) is -1.58. The van der Waals surface area contributed by atoms with E-state index in [1.54, 1.807) is 0 Å². The maximum absolute atomic E-state index is 13.0. The molecule has 142 valence electrons. The van der Waals surface area contributed by atoms with Gasteiger partial charge < -0.3 is 10.5 Å². The normalized spacial score (nSPS) is 15.6. The Morgan fingerprint density at radius 1 is 1.11 bits per heavy atom. The van der Waals surface area contributed by atoms with Gasteiger partial charge in [0, 0.05) is 13.1 Å². The van der Waals surface area contributed by atoms with Crippen molar-refractivity contribution >= 4 is 21.9 Å². The van der Waals surface area contributed by atoms with Gasteiger partial charge in [-0.2, -0.15) is 4.31 Å². The minimum atomic E-state index is -3.77. The van der Waals surface area contributed by atoms with Crippen molar-refractivity contribution in [3.63, 3.8) is 0 Å². The Kier molecular flexibility index (Phi) is 5.29. The molecule has 0 bridgehead atoms. The lowest BCUT2D eigenvalue weighted by Gasteiger charge is -2.28. The first kappa shape index (κ1) is 19.1. The zero-order valence-electron chi connectivity index (χ0n) is 14.8. The molecule has 27 heavy (non-hydrogen) atoms. The van der Waals surface area contributed by atoms with Crippen LogP contribution in [0.1, 0.15) is 28.4 Å². The van der Waals surface area contributed by atoms with Crippen molar-refractivity contribution in [2.45, 2.75) is 30.9 Å². The monoisotopic (exact) mass is 388 g/mol. The van der Waals surface area contributed by atoms with Gasteiger partial charge in [0.25, 0.3) is 5.91 Å². The summed E-state index contributed by atoms with van der Waals surface area (Å²) in [6.07, 6.45) is -0.468. The number of nitrogens with two attached hydrogens (primary N) is 1. The number of sulfonamides is 1. The van der Waals surface area contributed by atoms with Gasteiger partial charge in [-0.15, -0.1) is 0 Å². The molecule has 1 amide bonds. The van der Waals surface area contributed by atoms with Gasteiger partial charge in [-0.25, -0.2) is 13.2 Å². The van der Waals surface area contributed by atoms with E-state index in [0.717, 1.165) is 11.1 Å². The first-order valence-electron chi connectivity index (χ1n) is 8.46. The predicted octanol–water partition coefficient (Wildman–Crippen LogP) is 1.46. The summed E-state index contributed by atoms with van der Waals surface area (Å²) >= 11 is 0. The quantitative estimate of drug-likeness (QED) is 0.781. The third-order valence-electron chi connectivity index (χ3n) is 4.49. The van der Waals surface area contributed by atoms with Crippen LogP contribution in [0, 0.1) is 0 Å². The molecule has 2 aromatic rings. The second-order valence-corrected chi connectivity index (χ2v) is 8.27. The number of ether oxygens (including phenoxy) is 1. The van der Waals surface area contributed by atoms with E-state index >= 15 is 0 Å². The van der Waals surface area contributed by atoms with Crippen molar-refractivity contribution < 1.29 is 22.7 Å². The molecule has 2 N–H and O–H groups in total. The summed E-state index contributed by atoms with van der Waals surface area (Å²) in [6, 6.07) is 13.3. The van der Waals surface area contributed by atoms with Crippen molar-refractivity contribution in [3.05, 3.63) is 65.2 Å². The van der Waals surface area contributed by atoms with Gasteiger partial charge in [0.1, 0.15) is 0 Å². The fourth-order valence-corrected chi connectivity index (χ4v) is 4.36. The van der Waals surface area contributed by atoms with E-state index in [2.05, 4.69) is 0 Å². The molecule has 2 aromatic carbocycles. The molecule has 0 saturated carbocycles. The number of hydrogen-bond donors (Lipinski definition) is 1. The number of nitrogens with zero attached hydrogens (tertiary/aromatic N) is 1. The van der Waals surface area contributed by atoms with E-state index in [9.17, 15) is 18.0 Å². The summed E-state index contributed by atoms with van der Waals surface area (Å²) in [5.41, 5.74) is 7.23. The molecule has 1 aliphatic heterocycles. The minimum Gasteiger partial charge on any atom is -0.449 e. The number of hydrogen-bond acceptors (Lipinski definition) is 5. The molecule has 0 aliphatic carbocycles. The van der Waals surface area contributed by atoms with Crippen LogP contribution in [0.2, 0.25) is 0 Å². The fourth-order valence-electron chi connectivity index (χ4n) is 2.89. The number of fused-ring (bicyclic) bond motifs is 1. The predicted molar refractivity (Wildman–Crippen MR) is 98.3 cm³/mol. The number of primary amides is 1. The molecular weight excluding hydrogens is 368 g/mol. The van der Waals surface area contributed by atoms with Crippen LogP contribution in [-0.2, 0) is 32.5 Å². The van der Waals surface area contributed by atoms with Crippen LogP contribution in [-0.4, -0.2) is 37.2 Å². The lowest BCUT2D eigenvalue weighted by molar-refractivity contribution is -0.125. The SMILES string of the molecule is C[C@@H](OC(=O)c1cccc(S(=O)(=O)N2CCc3ccccc3C2)c1)C(N)=O. The zero-order chi connectivity index (χ0) is 19.6. The molecule has 7 nitrogen and oxygen atoms in total. The van der Waals surface area contributed by atoms with E-state index in [-0.39, 0.29) is 17.0 Å². The number of esters is 1. The summed E-state index contributed by atoms with van der Waals surface area (Å²) in [6.45, 7) is 2.00. The lowest BCUT2D eigenvalue weighted by Crippen LogP contribution is -2.36. The highest BCUT2D eigenvalue weighted by Gasteiger charge is 2.29. The van der Waals surface area contributed by atoms with Crippen LogP contribution < -0.4 is 5.73 Å². The first-order chi connectivity index (χ1) is 12.8. The summed E-state index contributed by atoms with van der Waals surface area (Å²) in [5, 5.41) is 0. The van der Waals surface area contributed by atoms with Gasteiger partial charge in [0.15, 0.2) is 6.10 Å². The van der Waals surface area contributed by atoms with Crippen molar-refractivity contribution in [2.24, 2.45) is 5.73 Å². The van der Waals surface area contributed by atoms with Crippen LogP contribution in [0.25, 0.3) is 0 Å². The molecule has 3 rings (SSSR count). The third kappa shape index (κ3) is 4.01. The van der Waals surface area contributed by atoms with Gasteiger partial charge >= 0.3 is 5.97 Å². The summed E-state index contributed by atoms with van der Waals surface area (Å²) in [4.78, 5) is 23.2. The maximum atomic E-state index is 13.0. The smallest absolute Gasteiger partial charge is 0.338 e. The lowest BCUT2D eigenvalue weighted by atomic mass is 10.0. The second kappa shape index (κ2) is 7.50. The molecule has 1 aliphatic rings. The van der Waals surface area contributed by atoms with Crippen molar-refractivity contribution in [3.8, 4) is 0 Å². The molecule has 0 aromatic heterocycles. The summed E-state index contributed by atoms with van der Waals surface area (Å²) in [7, 11) is -3.77. The van der Waals surface area contributed by atoms with Gasteiger partial charge in [0.2, 0.25) is 10.0 Å². The highest BCUT2D eigenvalue weighted by molar-refractivity contribution is 7.89. The molecular formula is C19H20N2O5S. The Morgan fingerprint density at radius 3 is 2.52 bits per heavy atom. The number of carbonyl (C=O) groups excluding carboxylic acids is 2. The zero-order valence-corrected chi connectivity index (χ0v) is 15.6. The third-order valence-corrected chi connectivity index (χ3v) is 6.33. The Hall–Kier alpha value is -2.71. The maximum Gasteiger partial charge on any atom is 0.338 e. The number of carbonyl (C=O) groups is 2. The van der Waals surface area contributed by atoms with E-state index < -0.39 is 28.0 Å². The van der Waals surface area contributed by atoms with Crippen molar-refractivity contribution in [1.82, 2.24) is 4.31 Å². The molecule has 0 saturated heterocycles. The number of amides is 1.